The van der Waals surface area contributed by atoms with Crippen LogP contribution in [0.15, 0.2) is 0 Å². The van der Waals surface area contributed by atoms with Crippen molar-refractivity contribution in [1.29, 1.82) is 0 Å². The first-order chi connectivity index (χ1) is 6.10. The maximum absolute atomic E-state index is 10.4. The van der Waals surface area contributed by atoms with Crippen molar-refractivity contribution in [2.24, 2.45) is 0 Å². The summed E-state index contributed by atoms with van der Waals surface area (Å²) in [5, 5.41) is 11.7. The van der Waals surface area contributed by atoms with Crippen LogP contribution in [0.1, 0.15) is 26.7 Å². The highest BCUT2D eigenvalue weighted by Gasteiger charge is 2.12. The van der Waals surface area contributed by atoms with Crippen molar-refractivity contribution in [3.63, 3.8) is 0 Å². The maximum Gasteiger partial charge on any atom is 0.304 e. The molecule has 0 aromatic rings. The van der Waals surface area contributed by atoms with Gasteiger partial charge in [-0.05, 0) is 13.3 Å². The van der Waals surface area contributed by atoms with Gasteiger partial charge >= 0.3 is 5.97 Å². The molecule has 0 aliphatic carbocycles. The Morgan fingerprint density at radius 3 is 2.62 bits per heavy atom. The Hall–Kier alpha value is -0.610. The van der Waals surface area contributed by atoms with Crippen LogP contribution in [-0.4, -0.2) is 36.9 Å². The average molecular weight is 189 g/mol. The molecule has 78 valence electrons. The maximum atomic E-state index is 10.4. The minimum Gasteiger partial charge on any atom is -0.481 e. The van der Waals surface area contributed by atoms with Crippen LogP contribution < -0.4 is 5.32 Å². The second kappa shape index (κ2) is 6.86. The lowest BCUT2D eigenvalue weighted by Gasteiger charge is -2.20. The number of hydrogen-bond donors (Lipinski definition) is 2. The van der Waals surface area contributed by atoms with Gasteiger partial charge in [-0.1, -0.05) is 6.92 Å². The number of methoxy groups -OCH3 is 1. The SMILES string of the molecule is CCC(COC)NC(C)CC(=O)O. The molecule has 0 saturated heterocycles. The Morgan fingerprint density at radius 1 is 1.62 bits per heavy atom. The summed E-state index contributed by atoms with van der Waals surface area (Å²) in [6.07, 6.45) is 1.10. The van der Waals surface area contributed by atoms with Crippen LogP contribution in [0.5, 0.6) is 0 Å². The Balaban J connectivity index is 3.72. The molecule has 0 aliphatic rings. The number of carboxylic acid groups (broad SMARTS) is 1. The van der Waals surface area contributed by atoms with Gasteiger partial charge in [0.2, 0.25) is 0 Å². The number of carboxylic acids is 1. The summed E-state index contributed by atoms with van der Waals surface area (Å²) < 4.78 is 4.99. The van der Waals surface area contributed by atoms with Crippen LogP contribution in [0.4, 0.5) is 0 Å². The predicted molar refractivity (Wildman–Crippen MR) is 50.8 cm³/mol. The molecule has 2 N–H and O–H groups in total. The lowest BCUT2D eigenvalue weighted by atomic mass is 10.1. The fourth-order valence-electron chi connectivity index (χ4n) is 1.21. The molecule has 0 bridgehead atoms. The summed E-state index contributed by atoms with van der Waals surface area (Å²) in [4.78, 5) is 10.4. The molecule has 0 aromatic carbocycles. The minimum absolute atomic E-state index is 0.00222. The number of hydrogen-bond acceptors (Lipinski definition) is 3. The highest BCUT2D eigenvalue weighted by molar-refractivity contribution is 5.67. The predicted octanol–water partition coefficient (Wildman–Crippen LogP) is 0.864. The topological polar surface area (TPSA) is 58.6 Å². The third kappa shape index (κ3) is 6.54. The lowest BCUT2D eigenvalue weighted by molar-refractivity contribution is -0.137. The van der Waals surface area contributed by atoms with Gasteiger partial charge in [-0.25, -0.2) is 0 Å². The van der Waals surface area contributed by atoms with Gasteiger partial charge in [0.25, 0.3) is 0 Å². The number of aliphatic carboxylic acids is 1. The molecule has 4 nitrogen and oxygen atoms in total. The molecule has 2 atom stereocenters. The summed E-state index contributed by atoms with van der Waals surface area (Å²) in [5.41, 5.74) is 0. The lowest BCUT2D eigenvalue weighted by Crippen LogP contribution is -2.40. The number of nitrogens with one attached hydrogen (secondary N) is 1. The van der Waals surface area contributed by atoms with E-state index in [4.69, 9.17) is 9.84 Å². The highest BCUT2D eigenvalue weighted by atomic mass is 16.5. The normalized spacial score (nSPS) is 15.3. The van der Waals surface area contributed by atoms with E-state index in [2.05, 4.69) is 5.32 Å². The van der Waals surface area contributed by atoms with Crippen molar-refractivity contribution in [3.8, 4) is 0 Å². The number of ether oxygens (including phenoxy) is 1. The van der Waals surface area contributed by atoms with Crippen molar-refractivity contribution in [1.82, 2.24) is 5.32 Å². The molecule has 13 heavy (non-hydrogen) atoms. The minimum atomic E-state index is -0.771. The van der Waals surface area contributed by atoms with Gasteiger partial charge in [-0.2, -0.15) is 0 Å². The van der Waals surface area contributed by atoms with Crippen LogP contribution in [0.2, 0.25) is 0 Å². The molecule has 0 heterocycles. The van der Waals surface area contributed by atoms with E-state index < -0.39 is 5.97 Å². The fraction of sp³-hybridized carbons (Fsp3) is 0.889. The zero-order valence-electron chi connectivity index (χ0n) is 8.54. The van der Waals surface area contributed by atoms with Crippen molar-refractivity contribution in [3.05, 3.63) is 0 Å². The third-order valence-electron chi connectivity index (χ3n) is 1.86. The Bertz CT molecular complexity index is 150. The summed E-state index contributed by atoms with van der Waals surface area (Å²) >= 11 is 0. The Morgan fingerprint density at radius 2 is 2.23 bits per heavy atom. The van der Waals surface area contributed by atoms with E-state index in [1.165, 1.54) is 0 Å². The van der Waals surface area contributed by atoms with E-state index in [-0.39, 0.29) is 18.5 Å². The van der Waals surface area contributed by atoms with Gasteiger partial charge in [0.05, 0.1) is 13.0 Å². The van der Waals surface area contributed by atoms with E-state index in [1.807, 2.05) is 13.8 Å². The van der Waals surface area contributed by atoms with Crippen LogP contribution in [0.3, 0.4) is 0 Å². The van der Waals surface area contributed by atoms with Crippen LogP contribution in [0, 0.1) is 0 Å². The molecule has 0 saturated carbocycles. The van der Waals surface area contributed by atoms with Gasteiger partial charge in [-0.3, -0.25) is 4.79 Å². The number of carbonyl (C=O) groups is 1. The van der Waals surface area contributed by atoms with Crippen molar-refractivity contribution in [2.45, 2.75) is 38.8 Å². The van der Waals surface area contributed by atoms with Crippen molar-refractivity contribution in [2.75, 3.05) is 13.7 Å². The summed E-state index contributed by atoms with van der Waals surface area (Å²) in [5.74, 6) is -0.771. The van der Waals surface area contributed by atoms with E-state index in [0.29, 0.717) is 6.61 Å². The van der Waals surface area contributed by atoms with Crippen LogP contribution in [-0.2, 0) is 9.53 Å². The summed E-state index contributed by atoms with van der Waals surface area (Å²) in [6, 6.07) is 0.247. The third-order valence-corrected chi connectivity index (χ3v) is 1.86. The Kier molecular flexibility index (Phi) is 6.54. The smallest absolute Gasteiger partial charge is 0.304 e. The zero-order chi connectivity index (χ0) is 10.3. The quantitative estimate of drug-likeness (QED) is 0.623. The molecule has 0 fully saturated rings. The average Bonchev–Trinajstić information content (AvgIpc) is 2.02. The molecule has 0 spiro atoms. The zero-order valence-corrected chi connectivity index (χ0v) is 8.54. The second-order valence-electron chi connectivity index (χ2n) is 3.23. The van der Waals surface area contributed by atoms with Gasteiger partial charge in [-0.15, -0.1) is 0 Å². The van der Waals surface area contributed by atoms with Gasteiger partial charge in [0, 0.05) is 19.2 Å². The second-order valence-corrected chi connectivity index (χ2v) is 3.23. The first-order valence-electron chi connectivity index (χ1n) is 4.56. The monoisotopic (exact) mass is 189 g/mol. The molecule has 0 rings (SSSR count). The van der Waals surface area contributed by atoms with Crippen LogP contribution in [0.25, 0.3) is 0 Å². The molecule has 0 aliphatic heterocycles. The molecule has 0 amide bonds. The molecule has 4 heteroatoms. The first kappa shape index (κ1) is 12.4. The molecular weight excluding hydrogens is 170 g/mol. The van der Waals surface area contributed by atoms with Crippen LogP contribution >= 0.6 is 0 Å². The first-order valence-corrected chi connectivity index (χ1v) is 4.56. The van der Waals surface area contributed by atoms with E-state index >= 15 is 0 Å². The van der Waals surface area contributed by atoms with Crippen molar-refractivity contribution < 1.29 is 14.6 Å². The highest BCUT2D eigenvalue weighted by Crippen LogP contribution is 1.97. The summed E-state index contributed by atoms with van der Waals surface area (Å²) in [6.45, 7) is 4.54. The fourth-order valence-corrected chi connectivity index (χ4v) is 1.21. The standard InChI is InChI=1S/C9H19NO3/c1-4-8(6-13-3)10-7(2)5-9(11)12/h7-8,10H,4-6H2,1-3H3,(H,11,12). The summed E-state index contributed by atoms with van der Waals surface area (Å²) in [7, 11) is 1.65. The molecule has 0 radical (unpaired) electrons. The van der Waals surface area contributed by atoms with E-state index in [9.17, 15) is 4.79 Å². The molecular formula is C9H19NO3. The van der Waals surface area contributed by atoms with Gasteiger partial charge < -0.3 is 15.2 Å². The largest absolute Gasteiger partial charge is 0.481 e. The van der Waals surface area contributed by atoms with Crippen molar-refractivity contribution >= 4 is 5.97 Å². The number of rotatable bonds is 7. The Labute approximate surface area is 79.3 Å². The molecule has 2 unspecified atom stereocenters. The van der Waals surface area contributed by atoms with Gasteiger partial charge in [0.15, 0.2) is 0 Å². The molecule has 0 aromatic heterocycles. The van der Waals surface area contributed by atoms with E-state index in [0.717, 1.165) is 6.42 Å². The van der Waals surface area contributed by atoms with Gasteiger partial charge in [0.1, 0.15) is 0 Å². The van der Waals surface area contributed by atoms with E-state index in [1.54, 1.807) is 7.11 Å².